The molecule has 2 fully saturated rings. The fraction of sp³-hybridized carbons (Fsp3) is 0.680. The van der Waals surface area contributed by atoms with Gasteiger partial charge < -0.3 is 20.5 Å². The van der Waals surface area contributed by atoms with E-state index in [1.165, 1.54) is 0 Å². The second kappa shape index (κ2) is 10.1. The molecule has 2 aliphatic rings. The molecule has 0 radical (unpaired) electrons. The van der Waals surface area contributed by atoms with E-state index in [-0.39, 0.29) is 46.9 Å². The van der Waals surface area contributed by atoms with Crippen LogP contribution in [0, 0.1) is 29.1 Å². The molecule has 31 heavy (non-hydrogen) atoms. The number of hydrogen-bond acceptors (Lipinski definition) is 4. The lowest BCUT2D eigenvalue weighted by molar-refractivity contribution is -0.142. The number of aliphatic hydroxyl groups excluding tert-OH is 1. The Morgan fingerprint density at radius 3 is 2.58 bits per heavy atom. The lowest BCUT2D eigenvalue weighted by Crippen LogP contribution is -2.58. The van der Waals surface area contributed by atoms with E-state index in [9.17, 15) is 14.7 Å². The summed E-state index contributed by atoms with van der Waals surface area (Å²) in [5.41, 5.74) is 0.696. The molecule has 3 rings (SSSR count). The van der Waals surface area contributed by atoms with Crippen LogP contribution in [0.15, 0.2) is 30.3 Å². The molecule has 0 aliphatic heterocycles. The minimum Gasteiger partial charge on any atom is -0.392 e. The maximum absolute atomic E-state index is 12.7. The van der Waals surface area contributed by atoms with Crippen molar-refractivity contribution in [3.63, 3.8) is 0 Å². The average molecular weight is 431 g/mol. The number of benzene rings is 1. The highest BCUT2D eigenvalue weighted by Gasteiger charge is 2.53. The number of carbonyl (C=O) groups excluding carboxylic acids is 2. The van der Waals surface area contributed by atoms with Crippen LogP contribution in [-0.2, 0) is 9.53 Å². The molecular weight excluding hydrogens is 392 g/mol. The van der Waals surface area contributed by atoms with Crippen LogP contribution in [0.4, 0.5) is 0 Å². The van der Waals surface area contributed by atoms with Crippen molar-refractivity contribution < 1.29 is 19.4 Å². The zero-order chi connectivity index (χ0) is 22.6. The molecule has 7 unspecified atom stereocenters. The van der Waals surface area contributed by atoms with Gasteiger partial charge in [0.05, 0.1) is 12.7 Å². The number of rotatable bonds is 7. The highest BCUT2D eigenvalue weighted by atomic mass is 16.5. The van der Waals surface area contributed by atoms with E-state index in [1.807, 2.05) is 37.3 Å². The monoisotopic (exact) mass is 430 g/mol. The molecule has 6 nitrogen and oxygen atoms in total. The third-order valence-corrected chi connectivity index (χ3v) is 7.90. The largest absolute Gasteiger partial charge is 0.392 e. The molecule has 0 aromatic heterocycles. The van der Waals surface area contributed by atoms with Gasteiger partial charge >= 0.3 is 0 Å². The second-order valence-corrected chi connectivity index (χ2v) is 9.79. The van der Waals surface area contributed by atoms with E-state index in [0.29, 0.717) is 18.7 Å². The van der Waals surface area contributed by atoms with Crippen LogP contribution in [0.2, 0.25) is 0 Å². The Morgan fingerprint density at radius 2 is 1.90 bits per heavy atom. The highest BCUT2D eigenvalue weighted by molar-refractivity contribution is 5.94. The Kier molecular flexibility index (Phi) is 7.76. The zero-order valence-electron chi connectivity index (χ0n) is 19.3. The van der Waals surface area contributed by atoms with Crippen LogP contribution in [0.5, 0.6) is 0 Å². The van der Waals surface area contributed by atoms with E-state index >= 15 is 0 Å². The fourth-order valence-electron chi connectivity index (χ4n) is 5.97. The zero-order valence-corrected chi connectivity index (χ0v) is 19.3. The Balaban J connectivity index is 1.70. The molecule has 172 valence electrons. The van der Waals surface area contributed by atoms with Crippen molar-refractivity contribution in [1.82, 2.24) is 10.6 Å². The Labute approximate surface area is 186 Å². The highest BCUT2D eigenvalue weighted by Crippen LogP contribution is 2.55. The SMILES string of the molecule is COCCNC(=O)C(C)C1CCC2(C)CCC(NC(=O)c3ccccc3)C(C)C2C1O. The van der Waals surface area contributed by atoms with Gasteiger partial charge in [0.25, 0.3) is 5.91 Å². The van der Waals surface area contributed by atoms with Crippen molar-refractivity contribution in [1.29, 1.82) is 0 Å². The van der Waals surface area contributed by atoms with E-state index in [1.54, 1.807) is 7.11 Å². The lowest BCUT2D eigenvalue weighted by Gasteiger charge is -2.56. The van der Waals surface area contributed by atoms with Crippen LogP contribution < -0.4 is 10.6 Å². The summed E-state index contributed by atoms with van der Waals surface area (Å²) in [5.74, 6) is -0.242. The van der Waals surface area contributed by atoms with E-state index in [2.05, 4.69) is 24.5 Å². The first kappa shape index (κ1) is 23.7. The van der Waals surface area contributed by atoms with Gasteiger partial charge in [-0.05, 0) is 61.0 Å². The third kappa shape index (κ3) is 5.12. The van der Waals surface area contributed by atoms with Crippen LogP contribution in [0.25, 0.3) is 0 Å². The Hall–Kier alpha value is -1.92. The molecule has 3 N–H and O–H groups in total. The summed E-state index contributed by atoms with van der Waals surface area (Å²) in [7, 11) is 1.61. The van der Waals surface area contributed by atoms with Gasteiger partial charge in [0.2, 0.25) is 5.91 Å². The summed E-state index contributed by atoms with van der Waals surface area (Å²) >= 11 is 0. The smallest absolute Gasteiger partial charge is 0.251 e. The number of aliphatic hydroxyl groups is 1. The number of carbonyl (C=O) groups is 2. The summed E-state index contributed by atoms with van der Waals surface area (Å²) in [6.45, 7) is 7.29. The lowest BCUT2D eigenvalue weighted by atomic mass is 9.51. The number of fused-ring (bicyclic) bond motifs is 1. The number of amides is 2. The van der Waals surface area contributed by atoms with Crippen LogP contribution in [0.1, 0.15) is 56.8 Å². The first-order valence-corrected chi connectivity index (χ1v) is 11.6. The normalized spacial score (nSPS) is 33.8. The third-order valence-electron chi connectivity index (χ3n) is 7.90. The average Bonchev–Trinajstić information content (AvgIpc) is 2.76. The first-order valence-electron chi connectivity index (χ1n) is 11.6. The molecule has 0 spiro atoms. The minimum atomic E-state index is -0.562. The Bertz CT molecular complexity index is 755. The predicted octanol–water partition coefficient (Wildman–Crippen LogP) is 3.01. The summed E-state index contributed by atoms with van der Waals surface area (Å²) in [4.78, 5) is 25.3. The molecule has 0 heterocycles. The van der Waals surface area contributed by atoms with Gasteiger partial charge in [0, 0.05) is 31.2 Å². The van der Waals surface area contributed by atoms with Crippen molar-refractivity contribution in [2.45, 2.75) is 58.6 Å². The van der Waals surface area contributed by atoms with Crippen molar-refractivity contribution >= 4 is 11.8 Å². The van der Waals surface area contributed by atoms with Gasteiger partial charge in [-0.15, -0.1) is 0 Å². The molecule has 0 bridgehead atoms. The number of hydrogen-bond donors (Lipinski definition) is 3. The van der Waals surface area contributed by atoms with E-state index < -0.39 is 6.10 Å². The predicted molar refractivity (Wildman–Crippen MR) is 120 cm³/mol. The van der Waals surface area contributed by atoms with Gasteiger partial charge in [-0.25, -0.2) is 0 Å². The van der Waals surface area contributed by atoms with Gasteiger partial charge in [0.1, 0.15) is 0 Å². The molecule has 6 heteroatoms. The molecule has 2 amide bonds. The second-order valence-electron chi connectivity index (χ2n) is 9.79. The van der Waals surface area contributed by atoms with Gasteiger partial charge in [-0.3, -0.25) is 9.59 Å². The summed E-state index contributed by atoms with van der Waals surface area (Å²) in [6, 6.07) is 9.29. The number of methoxy groups -OCH3 is 1. The molecule has 1 aromatic rings. The molecule has 2 aliphatic carbocycles. The molecular formula is C25H38N2O4. The molecule has 7 atom stereocenters. The van der Waals surface area contributed by atoms with Crippen LogP contribution in [-0.4, -0.2) is 49.3 Å². The molecule has 0 saturated heterocycles. The van der Waals surface area contributed by atoms with Crippen molar-refractivity contribution in [3.8, 4) is 0 Å². The quantitative estimate of drug-likeness (QED) is 0.581. The Morgan fingerprint density at radius 1 is 1.23 bits per heavy atom. The van der Waals surface area contributed by atoms with Crippen molar-refractivity contribution in [2.24, 2.45) is 29.1 Å². The van der Waals surface area contributed by atoms with Gasteiger partial charge in [-0.1, -0.05) is 39.0 Å². The van der Waals surface area contributed by atoms with E-state index in [0.717, 1.165) is 25.7 Å². The van der Waals surface area contributed by atoms with Crippen molar-refractivity contribution in [3.05, 3.63) is 35.9 Å². The van der Waals surface area contributed by atoms with Crippen molar-refractivity contribution in [2.75, 3.05) is 20.3 Å². The number of nitrogens with one attached hydrogen (secondary N) is 2. The fourth-order valence-corrected chi connectivity index (χ4v) is 5.97. The summed E-state index contributed by atoms with van der Waals surface area (Å²) in [5, 5.41) is 17.6. The topological polar surface area (TPSA) is 87.7 Å². The van der Waals surface area contributed by atoms with E-state index in [4.69, 9.17) is 4.74 Å². The summed E-state index contributed by atoms with van der Waals surface area (Å²) in [6.07, 6.45) is 3.17. The first-order chi connectivity index (χ1) is 14.8. The molecule has 2 saturated carbocycles. The maximum Gasteiger partial charge on any atom is 0.251 e. The summed E-state index contributed by atoms with van der Waals surface area (Å²) < 4.78 is 5.01. The van der Waals surface area contributed by atoms with Gasteiger partial charge in [0.15, 0.2) is 0 Å². The molecule has 1 aromatic carbocycles. The van der Waals surface area contributed by atoms with Crippen LogP contribution in [0.3, 0.4) is 0 Å². The minimum absolute atomic E-state index is 0.0185. The maximum atomic E-state index is 12.7. The number of ether oxygens (including phenoxy) is 1. The van der Waals surface area contributed by atoms with Gasteiger partial charge in [-0.2, -0.15) is 0 Å². The van der Waals surface area contributed by atoms with Crippen LogP contribution >= 0.6 is 0 Å². The standard InChI is InChI=1S/C25H38N2O4/c1-16(23(29)26-14-15-31-4)19-10-12-25(3)13-11-20(17(2)21(25)22(19)28)27-24(30)18-8-6-5-7-9-18/h5-9,16-17,19-22,28H,10-15H2,1-4H3,(H,26,29)(H,27,30).